The van der Waals surface area contributed by atoms with Crippen LogP contribution in [0.15, 0.2) is 40.2 Å². The van der Waals surface area contributed by atoms with Gasteiger partial charge in [-0.1, -0.05) is 33.6 Å². The van der Waals surface area contributed by atoms with Gasteiger partial charge in [0.2, 0.25) is 0 Å². The fourth-order valence-electron chi connectivity index (χ4n) is 1.64. The lowest BCUT2D eigenvalue weighted by atomic mass is 10.1. The number of hydrogen-bond acceptors (Lipinski definition) is 2. The van der Waals surface area contributed by atoms with Gasteiger partial charge in [-0.2, -0.15) is 0 Å². The molecule has 0 bridgehead atoms. The molecule has 84 valence electrons. The van der Waals surface area contributed by atoms with Crippen molar-refractivity contribution in [3.05, 3.63) is 55.6 Å². The zero-order valence-electron chi connectivity index (χ0n) is 8.71. The minimum atomic E-state index is 0.157. The summed E-state index contributed by atoms with van der Waals surface area (Å²) >= 11 is 11.4. The van der Waals surface area contributed by atoms with Crippen LogP contribution in [-0.2, 0) is 0 Å². The highest BCUT2D eigenvalue weighted by Gasteiger charge is 2.16. The van der Waals surface area contributed by atoms with Crippen LogP contribution < -0.4 is 5.32 Å². The summed E-state index contributed by atoms with van der Waals surface area (Å²) in [5.74, 6) is 0. The van der Waals surface area contributed by atoms with Gasteiger partial charge < -0.3 is 5.32 Å². The van der Waals surface area contributed by atoms with Gasteiger partial charge in [-0.05, 0) is 42.3 Å². The van der Waals surface area contributed by atoms with Gasteiger partial charge in [-0.15, -0.1) is 11.3 Å². The standard InChI is InChI=1S/C12H11BrClNS/c1-15-12(11-3-2-6-16-11)9-7-8(13)4-5-10(9)14/h2-7,12,15H,1H3. The lowest BCUT2D eigenvalue weighted by molar-refractivity contribution is 0.704. The maximum Gasteiger partial charge on any atom is 0.0683 e. The van der Waals surface area contributed by atoms with Gasteiger partial charge in [0, 0.05) is 14.4 Å². The van der Waals surface area contributed by atoms with Crippen molar-refractivity contribution in [1.29, 1.82) is 0 Å². The van der Waals surface area contributed by atoms with E-state index in [1.165, 1.54) is 4.88 Å². The van der Waals surface area contributed by atoms with Crippen molar-refractivity contribution in [3.8, 4) is 0 Å². The predicted octanol–water partition coefficient (Wildman–Crippen LogP) is 4.47. The predicted molar refractivity (Wildman–Crippen MR) is 74.4 cm³/mol. The highest BCUT2D eigenvalue weighted by Crippen LogP contribution is 2.32. The molecular weight excluding hydrogens is 306 g/mol. The number of benzene rings is 1. The molecule has 2 rings (SSSR count). The van der Waals surface area contributed by atoms with Crippen molar-refractivity contribution in [2.75, 3.05) is 7.05 Å². The van der Waals surface area contributed by atoms with Crippen LogP contribution >= 0.6 is 38.9 Å². The molecule has 0 saturated carbocycles. The van der Waals surface area contributed by atoms with Crippen molar-refractivity contribution in [1.82, 2.24) is 5.32 Å². The largest absolute Gasteiger partial charge is 0.309 e. The van der Waals surface area contributed by atoms with Crippen LogP contribution in [-0.4, -0.2) is 7.05 Å². The third-order valence-corrected chi connectivity index (χ3v) is 4.16. The molecule has 1 unspecified atom stereocenters. The van der Waals surface area contributed by atoms with E-state index in [-0.39, 0.29) is 6.04 Å². The number of thiophene rings is 1. The first kappa shape index (κ1) is 12.1. The first-order chi connectivity index (χ1) is 7.72. The molecule has 1 N–H and O–H groups in total. The summed E-state index contributed by atoms with van der Waals surface area (Å²) in [7, 11) is 1.95. The molecule has 0 radical (unpaired) electrons. The van der Waals surface area contributed by atoms with Crippen LogP contribution in [0.25, 0.3) is 0 Å². The smallest absolute Gasteiger partial charge is 0.0683 e. The van der Waals surface area contributed by atoms with Gasteiger partial charge >= 0.3 is 0 Å². The summed E-state index contributed by atoms with van der Waals surface area (Å²) in [6.45, 7) is 0. The van der Waals surface area contributed by atoms with Gasteiger partial charge in [0.05, 0.1) is 6.04 Å². The lowest BCUT2D eigenvalue weighted by Gasteiger charge is -2.16. The van der Waals surface area contributed by atoms with Gasteiger partial charge in [-0.3, -0.25) is 0 Å². The van der Waals surface area contributed by atoms with E-state index in [0.717, 1.165) is 15.1 Å². The molecule has 0 fully saturated rings. The van der Waals surface area contributed by atoms with Crippen molar-refractivity contribution >= 4 is 38.9 Å². The van der Waals surface area contributed by atoms with Crippen LogP contribution in [0.3, 0.4) is 0 Å². The first-order valence-electron chi connectivity index (χ1n) is 4.88. The average Bonchev–Trinajstić information content (AvgIpc) is 2.78. The second-order valence-electron chi connectivity index (χ2n) is 3.40. The van der Waals surface area contributed by atoms with E-state index in [2.05, 4.69) is 44.8 Å². The first-order valence-corrected chi connectivity index (χ1v) is 6.93. The Balaban J connectivity index is 2.44. The second kappa shape index (κ2) is 5.32. The summed E-state index contributed by atoms with van der Waals surface area (Å²) in [5.41, 5.74) is 1.10. The third-order valence-electron chi connectivity index (χ3n) is 2.39. The average molecular weight is 317 g/mol. The summed E-state index contributed by atoms with van der Waals surface area (Å²) in [6.07, 6.45) is 0. The summed E-state index contributed by atoms with van der Waals surface area (Å²) in [4.78, 5) is 1.27. The molecule has 16 heavy (non-hydrogen) atoms. The number of nitrogens with one attached hydrogen (secondary N) is 1. The lowest BCUT2D eigenvalue weighted by Crippen LogP contribution is -2.16. The molecule has 1 aromatic heterocycles. The normalized spacial score (nSPS) is 12.7. The molecule has 0 aliphatic rings. The number of rotatable bonds is 3. The highest BCUT2D eigenvalue weighted by molar-refractivity contribution is 9.10. The van der Waals surface area contributed by atoms with Crippen molar-refractivity contribution < 1.29 is 0 Å². The topological polar surface area (TPSA) is 12.0 Å². The zero-order chi connectivity index (χ0) is 11.5. The van der Waals surface area contributed by atoms with E-state index < -0.39 is 0 Å². The van der Waals surface area contributed by atoms with Crippen LogP contribution in [0, 0.1) is 0 Å². The van der Waals surface area contributed by atoms with E-state index in [4.69, 9.17) is 11.6 Å². The molecule has 0 aliphatic carbocycles. The fraction of sp³-hybridized carbons (Fsp3) is 0.167. The van der Waals surface area contributed by atoms with E-state index in [0.29, 0.717) is 0 Å². The summed E-state index contributed by atoms with van der Waals surface area (Å²) in [5, 5.41) is 6.16. The Morgan fingerprint density at radius 1 is 1.38 bits per heavy atom. The molecule has 0 amide bonds. The minimum Gasteiger partial charge on any atom is -0.309 e. The molecule has 4 heteroatoms. The third kappa shape index (κ3) is 2.48. The van der Waals surface area contributed by atoms with E-state index in [1.807, 2.05) is 19.2 Å². The Morgan fingerprint density at radius 2 is 2.19 bits per heavy atom. The maximum absolute atomic E-state index is 6.23. The Bertz CT molecular complexity index is 470. The van der Waals surface area contributed by atoms with Crippen molar-refractivity contribution in [2.45, 2.75) is 6.04 Å². The molecule has 2 aromatic rings. The van der Waals surface area contributed by atoms with E-state index in [9.17, 15) is 0 Å². The van der Waals surface area contributed by atoms with Gasteiger partial charge in [-0.25, -0.2) is 0 Å². The number of hydrogen-bond donors (Lipinski definition) is 1. The second-order valence-corrected chi connectivity index (χ2v) is 5.71. The Kier molecular flexibility index (Phi) is 4.03. The zero-order valence-corrected chi connectivity index (χ0v) is 11.9. The van der Waals surface area contributed by atoms with Crippen LogP contribution in [0.1, 0.15) is 16.5 Å². The monoisotopic (exact) mass is 315 g/mol. The molecule has 0 saturated heterocycles. The maximum atomic E-state index is 6.23. The molecule has 1 heterocycles. The van der Waals surface area contributed by atoms with Crippen LogP contribution in [0.5, 0.6) is 0 Å². The van der Waals surface area contributed by atoms with Gasteiger partial charge in [0.1, 0.15) is 0 Å². The molecule has 0 spiro atoms. The highest BCUT2D eigenvalue weighted by atomic mass is 79.9. The quantitative estimate of drug-likeness (QED) is 0.881. The van der Waals surface area contributed by atoms with Crippen molar-refractivity contribution in [2.24, 2.45) is 0 Å². The van der Waals surface area contributed by atoms with Gasteiger partial charge in [0.15, 0.2) is 0 Å². The molecule has 1 aromatic carbocycles. The van der Waals surface area contributed by atoms with E-state index >= 15 is 0 Å². The molecular formula is C12H11BrClNS. The van der Waals surface area contributed by atoms with E-state index in [1.54, 1.807) is 11.3 Å². The van der Waals surface area contributed by atoms with Crippen LogP contribution in [0.2, 0.25) is 5.02 Å². The van der Waals surface area contributed by atoms with Crippen molar-refractivity contribution in [3.63, 3.8) is 0 Å². The SMILES string of the molecule is CNC(c1cccs1)c1cc(Br)ccc1Cl. The molecule has 1 nitrogen and oxygen atoms in total. The molecule has 0 aliphatic heterocycles. The van der Waals surface area contributed by atoms with Gasteiger partial charge in [0.25, 0.3) is 0 Å². The Labute approximate surface area is 113 Å². The molecule has 1 atom stereocenters. The summed E-state index contributed by atoms with van der Waals surface area (Å²) in [6, 6.07) is 10.2. The Morgan fingerprint density at radius 3 is 2.81 bits per heavy atom. The fourth-order valence-corrected chi connectivity index (χ4v) is 3.10. The Hall–Kier alpha value is -0.350. The minimum absolute atomic E-state index is 0.157. The van der Waals surface area contributed by atoms with Crippen LogP contribution in [0.4, 0.5) is 0 Å². The summed E-state index contributed by atoms with van der Waals surface area (Å²) < 4.78 is 1.05. The number of halogens is 2.